The lowest BCUT2D eigenvalue weighted by atomic mass is 10.1. The van der Waals surface area contributed by atoms with E-state index >= 15 is 0 Å². The summed E-state index contributed by atoms with van der Waals surface area (Å²) >= 11 is 0. The van der Waals surface area contributed by atoms with Crippen LogP contribution < -0.4 is 10.2 Å². The first kappa shape index (κ1) is 20.8. The molecule has 0 aromatic heterocycles. The molecule has 160 valence electrons. The Bertz CT molecular complexity index is 962. The normalized spacial score (nSPS) is 17.8. The monoisotopic (exact) mass is 429 g/mol. The first-order valence-corrected chi connectivity index (χ1v) is 11.9. The minimum atomic E-state index is -3.38. The highest BCUT2D eigenvalue weighted by Crippen LogP contribution is 2.22. The molecule has 7 nitrogen and oxygen atoms in total. The van der Waals surface area contributed by atoms with Crippen molar-refractivity contribution in [1.82, 2.24) is 4.31 Å². The largest absolute Gasteiger partial charge is 0.379 e. The number of benzene rings is 2. The second-order valence-corrected chi connectivity index (χ2v) is 9.63. The molecule has 2 aromatic carbocycles. The van der Waals surface area contributed by atoms with Crippen molar-refractivity contribution >= 4 is 27.3 Å². The Kier molecular flexibility index (Phi) is 6.36. The van der Waals surface area contributed by atoms with Crippen LogP contribution in [0.4, 0.5) is 11.4 Å². The van der Waals surface area contributed by atoms with E-state index in [1.807, 2.05) is 24.3 Å². The molecule has 2 heterocycles. The second-order valence-electron chi connectivity index (χ2n) is 7.66. The number of hydrogen-bond acceptors (Lipinski definition) is 5. The quantitative estimate of drug-likeness (QED) is 0.764. The minimum absolute atomic E-state index is 0.0765. The van der Waals surface area contributed by atoms with Gasteiger partial charge in [0.1, 0.15) is 0 Å². The molecule has 0 saturated carbocycles. The number of hydrogen-bond donors (Lipinski definition) is 1. The van der Waals surface area contributed by atoms with Gasteiger partial charge < -0.3 is 15.0 Å². The Balaban J connectivity index is 1.35. The molecule has 0 unspecified atom stereocenters. The Morgan fingerprint density at radius 2 is 1.53 bits per heavy atom. The number of carbonyl (C=O) groups excluding carboxylic acids is 1. The SMILES string of the molecule is O=C(Nc1ccc(N2CCCC2)cc1)c1ccc(CS(=O)(=O)N2CCOCC2)cc1. The molecule has 2 fully saturated rings. The van der Waals surface area contributed by atoms with Crippen molar-refractivity contribution in [3.63, 3.8) is 0 Å². The number of morpholine rings is 1. The van der Waals surface area contributed by atoms with Crippen molar-refractivity contribution in [2.24, 2.45) is 0 Å². The number of amides is 1. The molecule has 2 aromatic rings. The van der Waals surface area contributed by atoms with Crippen LogP contribution in [0.5, 0.6) is 0 Å². The zero-order valence-electron chi connectivity index (χ0n) is 16.9. The van der Waals surface area contributed by atoms with E-state index in [2.05, 4.69) is 10.2 Å². The number of rotatable bonds is 6. The van der Waals surface area contributed by atoms with Crippen LogP contribution in [0.15, 0.2) is 48.5 Å². The lowest BCUT2D eigenvalue weighted by Gasteiger charge is -2.26. The van der Waals surface area contributed by atoms with Gasteiger partial charge in [0.15, 0.2) is 0 Å². The van der Waals surface area contributed by atoms with Crippen molar-refractivity contribution in [1.29, 1.82) is 0 Å². The molecule has 1 N–H and O–H groups in total. The van der Waals surface area contributed by atoms with Gasteiger partial charge >= 0.3 is 0 Å². The smallest absolute Gasteiger partial charge is 0.255 e. The van der Waals surface area contributed by atoms with Crippen LogP contribution in [-0.4, -0.2) is 58.0 Å². The molecule has 0 spiro atoms. The first-order chi connectivity index (χ1) is 14.5. The van der Waals surface area contributed by atoms with E-state index in [-0.39, 0.29) is 11.7 Å². The standard InChI is InChI=1S/C22H27N3O4S/c26-22(23-20-7-9-21(10-8-20)24-11-1-2-12-24)19-5-3-18(4-6-19)17-30(27,28)25-13-15-29-16-14-25/h3-10H,1-2,11-17H2,(H,23,26). The molecule has 0 radical (unpaired) electrons. The fourth-order valence-electron chi connectivity index (χ4n) is 3.81. The number of nitrogens with zero attached hydrogens (tertiary/aromatic N) is 2. The summed E-state index contributed by atoms with van der Waals surface area (Å²) in [6.07, 6.45) is 2.45. The van der Waals surface area contributed by atoms with Crippen LogP contribution in [0.3, 0.4) is 0 Å². The van der Waals surface area contributed by atoms with Crippen LogP contribution in [0.2, 0.25) is 0 Å². The summed E-state index contributed by atoms with van der Waals surface area (Å²) in [5.74, 6) is -0.293. The molecule has 0 atom stereocenters. The third kappa shape index (κ3) is 5.00. The van der Waals surface area contributed by atoms with Crippen molar-refractivity contribution in [3.8, 4) is 0 Å². The Labute approximate surface area is 177 Å². The van der Waals surface area contributed by atoms with Crippen LogP contribution in [0.25, 0.3) is 0 Å². The van der Waals surface area contributed by atoms with Gasteiger partial charge in [-0.2, -0.15) is 4.31 Å². The summed E-state index contributed by atoms with van der Waals surface area (Å²) in [4.78, 5) is 14.9. The highest BCUT2D eigenvalue weighted by Gasteiger charge is 2.24. The number of sulfonamides is 1. The van der Waals surface area contributed by atoms with Gasteiger partial charge in [-0.25, -0.2) is 8.42 Å². The summed E-state index contributed by atoms with van der Waals surface area (Å²) in [6, 6.07) is 14.6. The zero-order valence-corrected chi connectivity index (χ0v) is 17.7. The lowest BCUT2D eigenvalue weighted by molar-refractivity contribution is 0.0729. The topological polar surface area (TPSA) is 79.0 Å². The molecule has 2 saturated heterocycles. The summed E-state index contributed by atoms with van der Waals surface area (Å²) in [6.45, 7) is 3.80. The minimum Gasteiger partial charge on any atom is -0.379 e. The van der Waals surface area contributed by atoms with Gasteiger partial charge in [-0.3, -0.25) is 4.79 Å². The molecule has 2 aliphatic rings. The van der Waals surface area contributed by atoms with E-state index in [9.17, 15) is 13.2 Å². The number of nitrogens with one attached hydrogen (secondary N) is 1. The Morgan fingerprint density at radius 1 is 0.900 bits per heavy atom. The van der Waals surface area contributed by atoms with Crippen LogP contribution in [0.1, 0.15) is 28.8 Å². The van der Waals surface area contributed by atoms with Gasteiger partial charge in [0, 0.05) is 43.1 Å². The van der Waals surface area contributed by atoms with E-state index < -0.39 is 10.0 Å². The van der Waals surface area contributed by atoms with Crippen molar-refractivity contribution in [2.45, 2.75) is 18.6 Å². The second kappa shape index (κ2) is 9.16. The lowest BCUT2D eigenvalue weighted by Crippen LogP contribution is -2.41. The van der Waals surface area contributed by atoms with E-state index in [0.717, 1.165) is 18.8 Å². The van der Waals surface area contributed by atoms with Gasteiger partial charge in [0.05, 0.1) is 19.0 Å². The van der Waals surface area contributed by atoms with Gasteiger partial charge in [-0.05, 0) is 54.8 Å². The van der Waals surface area contributed by atoms with Crippen molar-refractivity contribution < 1.29 is 17.9 Å². The maximum Gasteiger partial charge on any atom is 0.255 e. The van der Waals surface area contributed by atoms with Crippen LogP contribution in [0, 0.1) is 0 Å². The van der Waals surface area contributed by atoms with E-state index in [1.165, 1.54) is 22.8 Å². The molecule has 0 bridgehead atoms. The van der Waals surface area contributed by atoms with E-state index in [0.29, 0.717) is 37.4 Å². The molecule has 30 heavy (non-hydrogen) atoms. The highest BCUT2D eigenvalue weighted by molar-refractivity contribution is 7.88. The molecule has 2 aliphatic heterocycles. The third-order valence-corrected chi connectivity index (χ3v) is 7.38. The molecule has 8 heteroatoms. The molecular formula is C22H27N3O4S. The predicted molar refractivity (Wildman–Crippen MR) is 117 cm³/mol. The van der Waals surface area contributed by atoms with Crippen LogP contribution in [-0.2, 0) is 20.5 Å². The summed E-state index contributed by atoms with van der Waals surface area (Å²) in [5, 5.41) is 2.90. The zero-order chi connectivity index (χ0) is 21.0. The van der Waals surface area contributed by atoms with Gasteiger partial charge in [-0.1, -0.05) is 12.1 Å². The van der Waals surface area contributed by atoms with Gasteiger partial charge in [0.25, 0.3) is 5.91 Å². The number of ether oxygens (including phenoxy) is 1. The maximum atomic E-state index is 12.5. The fraction of sp³-hybridized carbons (Fsp3) is 0.409. The third-order valence-electron chi connectivity index (χ3n) is 5.53. The Hall–Kier alpha value is -2.42. The summed E-state index contributed by atoms with van der Waals surface area (Å²) in [5.41, 5.74) is 3.07. The van der Waals surface area contributed by atoms with E-state index in [1.54, 1.807) is 24.3 Å². The van der Waals surface area contributed by atoms with Gasteiger partial charge in [0.2, 0.25) is 10.0 Å². The highest BCUT2D eigenvalue weighted by atomic mass is 32.2. The Morgan fingerprint density at radius 3 is 2.17 bits per heavy atom. The number of anilines is 2. The molecule has 4 rings (SSSR count). The average Bonchev–Trinajstić information content (AvgIpc) is 3.30. The average molecular weight is 430 g/mol. The maximum absolute atomic E-state index is 12.5. The number of carbonyl (C=O) groups is 1. The molecular weight excluding hydrogens is 402 g/mol. The molecule has 1 amide bonds. The van der Waals surface area contributed by atoms with Crippen LogP contribution >= 0.6 is 0 Å². The van der Waals surface area contributed by atoms with E-state index in [4.69, 9.17) is 4.74 Å². The fourth-order valence-corrected chi connectivity index (χ4v) is 5.31. The molecule has 0 aliphatic carbocycles. The summed E-state index contributed by atoms with van der Waals surface area (Å²) < 4.78 is 31.7. The first-order valence-electron chi connectivity index (χ1n) is 10.3. The predicted octanol–water partition coefficient (Wildman–Crippen LogP) is 2.70. The van der Waals surface area contributed by atoms with Gasteiger partial charge in [-0.15, -0.1) is 0 Å². The van der Waals surface area contributed by atoms with Crippen molar-refractivity contribution in [2.75, 3.05) is 49.6 Å². The summed E-state index contributed by atoms with van der Waals surface area (Å²) in [7, 11) is -3.38. The van der Waals surface area contributed by atoms with Crippen molar-refractivity contribution in [3.05, 3.63) is 59.7 Å².